The molecule has 3 fully saturated rings. The maximum absolute atomic E-state index is 12.0. The van der Waals surface area contributed by atoms with Crippen LogP contribution in [-0.4, -0.2) is 29.1 Å². The van der Waals surface area contributed by atoms with E-state index in [0.717, 1.165) is 5.57 Å². The topological polar surface area (TPSA) is 63.6 Å². The van der Waals surface area contributed by atoms with Gasteiger partial charge in [0.25, 0.3) is 0 Å². The van der Waals surface area contributed by atoms with Crippen LogP contribution in [0.25, 0.3) is 0 Å². The molecule has 4 nitrogen and oxygen atoms in total. The molecule has 1 heterocycles. The summed E-state index contributed by atoms with van der Waals surface area (Å²) >= 11 is 0. The molecular weight excluding hydrogens is 244 g/mol. The Morgan fingerprint density at radius 3 is 2.53 bits per heavy atom. The molecule has 104 valence electrons. The Balaban J connectivity index is 2.03. The molecule has 19 heavy (non-hydrogen) atoms. The van der Waals surface area contributed by atoms with Crippen molar-refractivity contribution in [2.75, 3.05) is 0 Å². The molecule has 0 aromatic heterocycles. The fourth-order valence-electron chi connectivity index (χ4n) is 4.24. The first-order valence-electron chi connectivity index (χ1n) is 7.00. The second-order valence-corrected chi connectivity index (χ2v) is 6.34. The summed E-state index contributed by atoms with van der Waals surface area (Å²) in [4.78, 5) is 23.8. The Morgan fingerprint density at radius 1 is 1.16 bits per heavy atom. The summed E-state index contributed by atoms with van der Waals surface area (Å²) < 4.78 is 5.52. The van der Waals surface area contributed by atoms with Gasteiger partial charge < -0.3 is 9.84 Å². The Kier molecular flexibility index (Phi) is 2.82. The van der Waals surface area contributed by atoms with E-state index in [1.807, 2.05) is 6.92 Å². The summed E-state index contributed by atoms with van der Waals surface area (Å²) in [6.45, 7) is 7.77. The average molecular weight is 264 g/mol. The molecule has 0 radical (unpaired) electrons. The highest BCUT2D eigenvalue weighted by molar-refractivity contribution is 5.84. The highest BCUT2D eigenvalue weighted by Crippen LogP contribution is 2.51. The van der Waals surface area contributed by atoms with Crippen LogP contribution in [0.3, 0.4) is 0 Å². The summed E-state index contributed by atoms with van der Waals surface area (Å²) in [5, 5.41) is 10.3. The summed E-state index contributed by atoms with van der Waals surface area (Å²) in [6.07, 6.45) is 0.0330. The van der Waals surface area contributed by atoms with E-state index in [0.29, 0.717) is 12.8 Å². The largest absolute Gasteiger partial charge is 0.461 e. The fourth-order valence-corrected chi connectivity index (χ4v) is 4.24. The molecule has 3 rings (SSSR count). The van der Waals surface area contributed by atoms with Gasteiger partial charge in [0, 0.05) is 24.2 Å². The van der Waals surface area contributed by atoms with E-state index in [1.54, 1.807) is 6.92 Å². The van der Waals surface area contributed by atoms with Crippen molar-refractivity contribution in [3.8, 4) is 0 Å². The standard InChI is InChI=1S/C15H20O4/c1-6-4-11(17)13-8(3)15(18)19-14(13)12-7(2)10(16)5-9(6)12/h7-9,11-14,17H,1,4-5H2,2-3H3/t7-,8?,9?,11?,12?,13+,14+/m0/s1. The second kappa shape index (κ2) is 4.17. The van der Waals surface area contributed by atoms with Crippen LogP contribution >= 0.6 is 0 Å². The molecule has 0 bridgehead atoms. The van der Waals surface area contributed by atoms with Gasteiger partial charge in [0.1, 0.15) is 11.9 Å². The third kappa shape index (κ3) is 1.69. The lowest BCUT2D eigenvalue weighted by atomic mass is 9.77. The summed E-state index contributed by atoms with van der Waals surface area (Å²) in [5.41, 5.74) is 0.938. The Hall–Kier alpha value is -1.16. The molecule has 1 N–H and O–H groups in total. The van der Waals surface area contributed by atoms with Gasteiger partial charge in [-0.2, -0.15) is 0 Å². The lowest BCUT2D eigenvalue weighted by molar-refractivity contribution is -0.147. The van der Waals surface area contributed by atoms with E-state index in [2.05, 4.69) is 6.58 Å². The lowest BCUT2D eigenvalue weighted by Gasteiger charge is -2.29. The maximum Gasteiger partial charge on any atom is 0.309 e. The quantitative estimate of drug-likeness (QED) is 0.529. The van der Waals surface area contributed by atoms with Gasteiger partial charge in [-0.3, -0.25) is 9.59 Å². The van der Waals surface area contributed by atoms with Crippen LogP contribution in [0.1, 0.15) is 26.7 Å². The van der Waals surface area contributed by atoms with Crippen molar-refractivity contribution in [2.45, 2.75) is 38.9 Å². The average Bonchev–Trinajstić information content (AvgIpc) is 2.75. The molecule has 0 spiro atoms. The summed E-state index contributed by atoms with van der Waals surface area (Å²) in [5.74, 6) is -0.574. The van der Waals surface area contributed by atoms with Crippen LogP contribution in [0.4, 0.5) is 0 Å². The zero-order valence-corrected chi connectivity index (χ0v) is 11.3. The van der Waals surface area contributed by atoms with E-state index in [4.69, 9.17) is 4.74 Å². The van der Waals surface area contributed by atoms with Crippen LogP contribution in [0.5, 0.6) is 0 Å². The normalized spacial score (nSPS) is 49.6. The van der Waals surface area contributed by atoms with Gasteiger partial charge in [-0.05, 0) is 12.3 Å². The zero-order valence-electron chi connectivity index (χ0n) is 11.3. The molecule has 1 aliphatic heterocycles. The van der Waals surface area contributed by atoms with Crippen molar-refractivity contribution >= 4 is 11.8 Å². The van der Waals surface area contributed by atoms with E-state index >= 15 is 0 Å². The van der Waals surface area contributed by atoms with Crippen molar-refractivity contribution in [3.05, 3.63) is 12.2 Å². The minimum absolute atomic E-state index is 0.00366. The van der Waals surface area contributed by atoms with Gasteiger partial charge in [-0.25, -0.2) is 0 Å². The van der Waals surface area contributed by atoms with Gasteiger partial charge in [0.2, 0.25) is 0 Å². The molecule has 4 heteroatoms. The smallest absolute Gasteiger partial charge is 0.309 e. The molecule has 0 aromatic carbocycles. The first kappa shape index (κ1) is 12.9. The number of ketones is 1. The number of carbonyl (C=O) groups excluding carboxylic acids is 2. The van der Waals surface area contributed by atoms with Gasteiger partial charge >= 0.3 is 5.97 Å². The number of ether oxygens (including phenoxy) is 1. The van der Waals surface area contributed by atoms with Crippen LogP contribution in [-0.2, 0) is 14.3 Å². The van der Waals surface area contributed by atoms with Crippen LogP contribution in [0, 0.1) is 29.6 Å². The van der Waals surface area contributed by atoms with Crippen molar-refractivity contribution in [2.24, 2.45) is 29.6 Å². The monoisotopic (exact) mass is 264 g/mol. The minimum atomic E-state index is -0.591. The predicted molar refractivity (Wildman–Crippen MR) is 68.1 cm³/mol. The minimum Gasteiger partial charge on any atom is -0.461 e. The summed E-state index contributed by atoms with van der Waals surface area (Å²) in [6, 6.07) is 0. The molecule has 0 aromatic rings. The number of Topliss-reactive ketones (excluding diaryl/α,β-unsaturated/α-hetero) is 1. The number of hydrogen-bond acceptors (Lipinski definition) is 4. The number of carbonyl (C=O) groups is 2. The van der Waals surface area contributed by atoms with Gasteiger partial charge in [0.15, 0.2) is 0 Å². The molecule has 7 atom stereocenters. The molecule has 1 saturated heterocycles. The number of hydrogen-bond donors (Lipinski definition) is 1. The highest BCUT2D eigenvalue weighted by Gasteiger charge is 2.57. The number of aliphatic hydroxyl groups is 1. The SMILES string of the molecule is C=C1CC(O)[C@H]2C(C)C(=O)O[C@@H]2C2C1CC(=O)[C@@H]2C. The third-order valence-electron chi connectivity index (χ3n) is 5.37. The first-order valence-corrected chi connectivity index (χ1v) is 7.00. The van der Waals surface area contributed by atoms with Crippen molar-refractivity contribution < 1.29 is 19.4 Å². The maximum atomic E-state index is 12.0. The summed E-state index contributed by atoms with van der Waals surface area (Å²) in [7, 11) is 0. The third-order valence-corrected chi connectivity index (χ3v) is 5.37. The number of esters is 1. The highest BCUT2D eigenvalue weighted by atomic mass is 16.6. The first-order chi connectivity index (χ1) is 8.91. The molecule has 2 aliphatic carbocycles. The number of aliphatic hydroxyl groups excluding tert-OH is 1. The Bertz CT molecular complexity index is 455. The molecule has 4 unspecified atom stereocenters. The zero-order chi connectivity index (χ0) is 13.9. The molecular formula is C15H20O4. The van der Waals surface area contributed by atoms with Crippen LogP contribution < -0.4 is 0 Å². The van der Waals surface area contributed by atoms with E-state index in [9.17, 15) is 14.7 Å². The van der Waals surface area contributed by atoms with E-state index in [-0.39, 0.29) is 47.4 Å². The van der Waals surface area contributed by atoms with E-state index in [1.165, 1.54) is 0 Å². The molecule has 2 saturated carbocycles. The van der Waals surface area contributed by atoms with Crippen LogP contribution in [0.2, 0.25) is 0 Å². The van der Waals surface area contributed by atoms with Crippen molar-refractivity contribution in [1.29, 1.82) is 0 Å². The van der Waals surface area contributed by atoms with Gasteiger partial charge in [-0.15, -0.1) is 0 Å². The molecule has 3 aliphatic rings. The Labute approximate surface area is 112 Å². The van der Waals surface area contributed by atoms with E-state index < -0.39 is 6.10 Å². The predicted octanol–water partition coefficient (Wildman–Crippen LogP) is 1.33. The second-order valence-electron chi connectivity index (χ2n) is 6.34. The van der Waals surface area contributed by atoms with Crippen molar-refractivity contribution in [3.63, 3.8) is 0 Å². The lowest BCUT2D eigenvalue weighted by Crippen LogP contribution is -2.37. The van der Waals surface area contributed by atoms with Gasteiger partial charge in [0.05, 0.1) is 12.0 Å². The molecule has 0 amide bonds. The van der Waals surface area contributed by atoms with Gasteiger partial charge in [-0.1, -0.05) is 26.0 Å². The number of fused-ring (bicyclic) bond motifs is 3. The Morgan fingerprint density at radius 2 is 1.84 bits per heavy atom. The fraction of sp³-hybridized carbons (Fsp3) is 0.733. The van der Waals surface area contributed by atoms with Crippen LogP contribution in [0.15, 0.2) is 12.2 Å². The van der Waals surface area contributed by atoms with Crippen molar-refractivity contribution in [1.82, 2.24) is 0 Å². The number of rotatable bonds is 0.